The van der Waals surface area contributed by atoms with E-state index in [0.717, 1.165) is 41.4 Å². The van der Waals surface area contributed by atoms with Crippen molar-refractivity contribution in [2.75, 3.05) is 7.05 Å². The van der Waals surface area contributed by atoms with Crippen molar-refractivity contribution in [3.63, 3.8) is 0 Å². The average molecular weight is 389 g/mol. The van der Waals surface area contributed by atoms with Crippen molar-refractivity contribution in [1.29, 1.82) is 0 Å². The van der Waals surface area contributed by atoms with Crippen LogP contribution in [0.3, 0.4) is 0 Å². The van der Waals surface area contributed by atoms with Gasteiger partial charge < -0.3 is 14.9 Å². The van der Waals surface area contributed by atoms with Gasteiger partial charge >= 0.3 is 0 Å². The van der Waals surface area contributed by atoms with Crippen molar-refractivity contribution in [3.8, 4) is 0 Å². The average Bonchev–Trinajstić information content (AvgIpc) is 3.16. The van der Waals surface area contributed by atoms with E-state index in [9.17, 15) is 14.0 Å². The lowest BCUT2D eigenvalue weighted by molar-refractivity contribution is 0.0711. The topological polar surface area (TPSA) is 69.0 Å². The maximum absolute atomic E-state index is 13.7. The molecule has 1 unspecified atom stereocenters. The molecule has 2 N–H and O–H groups in total. The molecule has 2 heterocycles. The normalized spacial score (nSPS) is 16.1. The third kappa shape index (κ3) is 2.83. The van der Waals surface area contributed by atoms with E-state index < -0.39 is 5.82 Å². The fourth-order valence-electron chi connectivity index (χ4n) is 4.48. The second-order valence-corrected chi connectivity index (χ2v) is 7.63. The largest absolute Gasteiger partial charge is 0.351 e. The van der Waals surface area contributed by atoms with Crippen LogP contribution in [0.25, 0.3) is 21.7 Å². The van der Waals surface area contributed by atoms with Crippen LogP contribution in [0, 0.1) is 5.82 Å². The number of aromatic amines is 2. The lowest BCUT2D eigenvalue weighted by Crippen LogP contribution is -2.34. The molecule has 0 saturated carbocycles. The molecule has 0 fully saturated rings. The zero-order valence-corrected chi connectivity index (χ0v) is 16.0. The smallest absolute Gasteiger partial charge is 0.270 e. The molecule has 2 aromatic heterocycles. The zero-order chi connectivity index (χ0) is 20.1. The van der Waals surface area contributed by atoms with E-state index in [1.807, 2.05) is 30.3 Å². The monoisotopic (exact) mass is 389 g/mol. The molecule has 4 aromatic rings. The minimum atomic E-state index is -0.446. The number of amides is 1. The van der Waals surface area contributed by atoms with Crippen LogP contribution in [0.2, 0.25) is 0 Å². The molecular weight excluding hydrogens is 369 g/mol. The fraction of sp³-hybridized carbons (Fsp3) is 0.217. The lowest BCUT2D eigenvalue weighted by atomic mass is 9.86. The number of pyridine rings is 1. The summed E-state index contributed by atoms with van der Waals surface area (Å²) in [5.41, 5.74) is 2.90. The van der Waals surface area contributed by atoms with E-state index in [1.165, 1.54) is 12.1 Å². The molecule has 1 aliphatic carbocycles. The fourth-order valence-corrected chi connectivity index (χ4v) is 4.48. The Morgan fingerprint density at radius 2 is 1.93 bits per heavy atom. The van der Waals surface area contributed by atoms with E-state index in [1.54, 1.807) is 18.0 Å². The summed E-state index contributed by atoms with van der Waals surface area (Å²) in [6.45, 7) is 0. The van der Waals surface area contributed by atoms with Gasteiger partial charge in [-0.25, -0.2) is 4.39 Å². The van der Waals surface area contributed by atoms with E-state index in [2.05, 4.69) is 9.97 Å². The van der Waals surface area contributed by atoms with Crippen molar-refractivity contribution in [3.05, 3.63) is 81.7 Å². The van der Waals surface area contributed by atoms with Crippen LogP contribution in [-0.4, -0.2) is 27.8 Å². The molecule has 0 bridgehead atoms. The third-order valence-corrected chi connectivity index (χ3v) is 5.89. The van der Waals surface area contributed by atoms with Crippen molar-refractivity contribution < 1.29 is 9.18 Å². The molecule has 0 aliphatic heterocycles. The van der Waals surface area contributed by atoms with Crippen LogP contribution >= 0.6 is 0 Å². The van der Waals surface area contributed by atoms with Crippen molar-refractivity contribution in [1.82, 2.24) is 14.9 Å². The first kappa shape index (κ1) is 17.7. The van der Waals surface area contributed by atoms with Gasteiger partial charge in [0, 0.05) is 29.2 Å². The molecule has 0 radical (unpaired) electrons. The second-order valence-electron chi connectivity index (χ2n) is 7.63. The highest BCUT2D eigenvalue weighted by Gasteiger charge is 2.30. The van der Waals surface area contributed by atoms with Gasteiger partial charge in [0.05, 0.1) is 11.4 Å². The van der Waals surface area contributed by atoms with E-state index in [0.29, 0.717) is 16.5 Å². The minimum absolute atomic E-state index is 0.111. The molecule has 29 heavy (non-hydrogen) atoms. The summed E-state index contributed by atoms with van der Waals surface area (Å²) in [5.74, 6) is -0.557. The number of benzene rings is 2. The van der Waals surface area contributed by atoms with Crippen molar-refractivity contribution >= 4 is 27.6 Å². The summed E-state index contributed by atoms with van der Waals surface area (Å²) in [7, 11) is 1.79. The standard InChI is InChI=1S/C23H20FN3O2/c1-27(23(29)19-11-13-5-2-3-6-17(13)25-19)20-8-4-7-18-21(20)15-10-9-14(24)12-16(15)22(28)26-18/h2-3,5-6,9-12,20,25H,4,7-8H2,1H3,(H,26,28). The van der Waals surface area contributed by atoms with Gasteiger partial charge in [-0.15, -0.1) is 0 Å². The molecule has 0 spiro atoms. The third-order valence-electron chi connectivity index (χ3n) is 5.89. The van der Waals surface area contributed by atoms with Gasteiger partial charge in [0.2, 0.25) is 0 Å². The van der Waals surface area contributed by atoms with Gasteiger partial charge in [0.25, 0.3) is 11.5 Å². The number of hydrogen-bond donors (Lipinski definition) is 2. The van der Waals surface area contributed by atoms with Crippen molar-refractivity contribution in [2.24, 2.45) is 0 Å². The maximum Gasteiger partial charge on any atom is 0.270 e. The first-order chi connectivity index (χ1) is 14.0. The predicted octanol–water partition coefficient (Wildman–Crippen LogP) is 4.30. The quantitative estimate of drug-likeness (QED) is 0.537. The summed E-state index contributed by atoms with van der Waals surface area (Å²) < 4.78 is 13.7. The molecule has 2 aromatic carbocycles. The van der Waals surface area contributed by atoms with Crippen LogP contribution in [-0.2, 0) is 6.42 Å². The summed E-state index contributed by atoms with van der Waals surface area (Å²) in [5, 5.41) is 2.02. The number of halogens is 1. The molecule has 0 saturated heterocycles. The Balaban J connectivity index is 1.60. The molecule has 1 aliphatic rings. The maximum atomic E-state index is 13.7. The van der Waals surface area contributed by atoms with Gasteiger partial charge in [0.1, 0.15) is 11.5 Å². The van der Waals surface area contributed by atoms with Crippen molar-refractivity contribution in [2.45, 2.75) is 25.3 Å². The van der Waals surface area contributed by atoms with Gasteiger partial charge in [-0.1, -0.05) is 24.3 Å². The Morgan fingerprint density at radius 1 is 1.10 bits per heavy atom. The number of nitrogens with one attached hydrogen (secondary N) is 2. The molecule has 5 nitrogen and oxygen atoms in total. The molecule has 5 rings (SSSR count). The number of carbonyl (C=O) groups excluding carboxylic acids is 1. The van der Waals surface area contributed by atoms with E-state index in [-0.39, 0.29) is 17.5 Å². The first-order valence-electron chi connectivity index (χ1n) is 9.72. The number of hydrogen-bond acceptors (Lipinski definition) is 2. The highest BCUT2D eigenvalue weighted by atomic mass is 19.1. The number of rotatable bonds is 2. The Morgan fingerprint density at radius 3 is 2.76 bits per heavy atom. The molecule has 6 heteroatoms. The Kier molecular flexibility index (Phi) is 4.01. The highest BCUT2D eigenvalue weighted by Crippen LogP contribution is 2.37. The number of carbonyl (C=O) groups is 1. The number of aromatic nitrogens is 2. The minimum Gasteiger partial charge on any atom is -0.351 e. The number of H-pyrrole nitrogens is 2. The number of aryl methyl sites for hydroxylation is 1. The summed E-state index contributed by atoms with van der Waals surface area (Å²) in [4.78, 5) is 33.5. The molecule has 1 atom stereocenters. The van der Waals surface area contributed by atoms with E-state index >= 15 is 0 Å². The summed E-state index contributed by atoms with van der Waals surface area (Å²) in [6.07, 6.45) is 2.39. The predicted molar refractivity (Wildman–Crippen MR) is 111 cm³/mol. The van der Waals surface area contributed by atoms with Gasteiger partial charge in [-0.3, -0.25) is 9.59 Å². The number of para-hydroxylation sites is 1. The van der Waals surface area contributed by atoms with Crippen LogP contribution < -0.4 is 5.56 Å². The Hall–Kier alpha value is -3.41. The van der Waals surface area contributed by atoms with Gasteiger partial charge in [-0.2, -0.15) is 0 Å². The molecule has 1 amide bonds. The van der Waals surface area contributed by atoms with Crippen LogP contribution in [0.4, 0.5) is 4.39 Å². The Bertz CT molecular complexity index is 1290. The summed E-state index contributed by atoms with van der Waals surface area (Å²) >= 11 is 0. The first-order valence-corrected chi connectivity index (χ1v) is 9.72. The SMILES string of the molecule is CN(C(=O)c1cc2ccccc2[nH]1)C1CCCc2[nH]c(=O)c3cc(F)ccc3c21. The van der Waals surface area contributed by atoms with Crippen LogP contribution in [0.15, 0.2) is 53.3 Å². The molecular formula is C23H20FN3O2. The number of nitrogens with zero attached hydrogens (tertiary/aromatic N) is 1. The second kappa shape index (κ2) is 6.58. The van der Waals surface area contributed by atoms with Gasteiger partial charge in [-0.05, 0) is 48.9 Å². The van der Waals surface area contributed by atoms with Crippen LogP contribution in [0.1, 0.15) is 40.6 Å². The molecule has 146 valence electrons. The zero-order valence-electron chi connectivity index (χ0n) is 16.0. The van der Waals surface area contributed by atoms with Crippen LogP contribution in [0.5, 0.6) is 0 Å². The van der Waals surface area contributed by atoms with E-state index in [4.69, 9.17) is 0 Å². The summed E-state index contributed by atoms with van der Waals surface area (Å²) in [6, 6.07) is 13.7. The van der Waals surface area contributed by atoms with Gasteiger partial charge in [0.15, 0.2) is 0 Å². The Labute approximate surface area is 166 Å². The highest BCUT2D eigenvalue weighted by molar-refractivity contribution is 5.98. The number of fused-ring (bicyclic) bond motifs is 4. The lowest BCUT2D eigenvalue weighted by Gasteiger charge is -2.33.